The van der Waals surface area contributed by atoms with Gasteiger partial charge in [0.15, 0.2) is 0 Å². The van der Waals surface area contributed by atoms with E-state index in [0.29, 0.717) is 0 Å². The quantitative estimate of drug-likeness (QED) is 0.452. The fourth-order valence-corrected chi connectivity index (χ4v) is 3.99. The molecule has 0 spiro atoms. The van der Waals surface area contributed by atoms with E-state index in [1.54, 1.807) is 16.4 Å². The minimum absolute atomic E-state index is 1.18. The number of hydrogen-bond donors (Lipinski definition) is 1. The molecule has 0 aliphatic rings. The molecule has 20 heavy (non-hydrogen) atoms. The van der Waals surface area contributed by atoms with Gasteiger partial charge in [-0.3, -0.25) is 0 Å². The van der Waals surface area contributed by atoms with Gasteiger partial charge >= 0.3 is 0 Å². The van der Waals surface area contributed by atoms with Crippen molar-refractivity contribution in [3.63, 3.8) is 0 Å². The van der Waals surface area contributed by atoms with Crippen molar-refractivity contribution >= 4 is 33.2 Å². The van der Waals surface area contributed by atoms with Gasteiger partial charge in [0.05, 0.1) is 0 Å². The monoisotopic (exact) mass is 304 g/mol. The highest BCUT2D eigenvalue weighted by Gasteiger charge is 2.12. The van der Waals surface area contributed by atoms with Crippen molar-refractivity contribution in [2.24, 2.45) is 0 Å². The molecule has 0 bridgehead atoms. The Morgan fingerprint density at radius 1 is 1.00 bits per heavy atom. The van der Waals surface area contributed by atoms with E-state index in [-0.39, 0.29) is 0 Å². The zero-order chi connectivity index (χ0) is 14.4. The van der Waals surface area contributed by atoms with Gasteiger partial charge < -0.3 is 0 Å². The third-order valence-electron chi connectivity index (χ3n) is 3.87. The summed E-state index contributed by atoms with van der Waals surface area (Å²) in [5.74, 6) is 0. The zero-order valence-corrected chi connectivity index (χ0v) is 14.2. The van der Waals surface area contributed by atoms with Crippen molar-refractivity contribution in [1.82, 2.24) is 0 Å². The summed E-state index contributed by atoms with van der Waals surface area (Å²) in [5, 5.41) is 2.72. The predicted octanol–water partition coefficient (Wildman–Crippen LogP) is 6.46. The second-order valence-electron chi connectivity index (χ2n) is 5.36. The van der Waals surface area contributed by atoms with Gasteiger partial charge in [0.1, 0.15) is 0 Å². The minimum Gasteiger partial charge on any atom is -0.106 e. The van der Waals surface area contributed by atoms with E-state index in [1.807, 2.05) is 0 Å². The van der Waals surface area contributed by atoms with Gasteiger partial charge in [-0.15, -0.1) is 11.7 Å². The van der Waals surface area contributed by atoms with Crippen LogP contribution >= 0.6 is 22.5 Å². The fourth-order valence-electron chi connectivity index (χ4n) is 2.74. The second-order valence-corrected chi connectivity index (χ2v) is 6.50. The average Bonchev–Trinajstić information content (AvgIpc) is 2.49. The van der Waals surface area contributed by atoms with E-state index >= 15 is 0 Å². The third kappa shape index (κ3) is 3.53. The molecule has 2 heteroatoms. The van der Waals surface area contributed by atoms with E-state index < -0.39 is 0 Å². The number of unbranched alkanes of at least 4 members (excludes halogenated alkanes) is 2. The maximum Gasteiger partial charge on any atom is 0.0293 e. The number of aryl methyl sites for hydroxylation is 1. The standard InChI is InChI=1S/C18H24S2/c1-3-5-9-14-13-15-10-7-8-12-17(15)18(20-19)16(14)11-6-4-2/h7-8,10,12-13,19H,3-6,9,11H2,1-2H3. The minimum atomic E-state index is 1.18. The van der Waals surface area contributed by atoms with Crippen LogP contribution in [-0.4, -0.2) is 0 Å². The van der Waals surface area contributed by atoms with Crippen molar-refractivity contribution in [2.75, 3.05) is 0 Å². The molecule has 108 valence electrons. The lowest BCUT2D eigenvalue weighted by atomic mass is 9.94. The van der Waals surface area contributed by atoms with Crippen LogP contribution < -0.4 is 0 Å². The first kappa shape index (κ1) is 15.8. The Morgan fingerprint density at radius 3 is 2.40 bits per heavy atom. The SMILES string of the molecule is CCCCc1cc2ccccc2c(SS)c1CCCC. The van der Waals surface area contributed by atoms with E-state index in [4.69, 9.17) is 0 Å². The fraction of sp³-hybridized carbons (Fsp3) is 0.444. The predicted molar refractivity (Wildman–Crippen MR) is 96.0 cm³/mol. The number of hydrogen-bond acceptors (Lipinski definition) is 2. The molecule has 0 N–H and O–H groups in total. The first-order chi connectivity index (χ1) is 9.81. The van der Waals surface area contributed by atoms with Crippen molar-refractivity contribution < 1.29 is 0 Å². The highest BCUT2D eigenvalue weighted by molar-refractivity contribution is 8.68. The summed E-state index contributed by atoms with van der Waals surface area (Å²) in [4.78, 5) is 1.38. The van der Waals surface area contributed by atoms with Crippen LogP contribution in [0, 0.1) is 0 Å². The summed E-state index contributed by atoms with van der Waals surface area (Å²) in [6, 6.07) is 11.1. The van der Waals surface area contributed by atoms with Gasteiger partial charge in [0.2, 0.25) is 0 Å². The maximum atomic E-state index is 4.53. The first-order valence-electron chi connectivity index (χ1n) is 7.66. The van der Waals surface area contributed by atoms with Crippen LogP contribution in [0.25, 0.3) is 10.8 Å². The van der Waals surface area contributed by atoms with Gasteiger partial charge in [-0.05, 0) is 47.6 Å². The lowest BCUT2D eigenvalue weighted by molar-refractivity contribution is 0.751. The Hall–Kier alpha value is -0.600. The Morgan fingerprint density at radius 2 is 1.70 bits per heavy atom. The summed E-state index contributed by atoms with van der Waals surface area (Å²) in [7, 11) is 1.62. The van der Waals surface area contributed by atoms with Crippen molar-refractivity contribution in [3.05, 3.63) is 41.5 Å². The van der Waals surface area contributed by atoms with Crippen LogP contribution in [0.4, 0.5) is 0 Å². The van der Waals surface area contributed by atoms with Crippen LogP contribution in [0.1, 0.15) is 50.7 Å². The van der Waals surface area contributed by atoms with Crippen molar-refractivity contribution in [1.29, 1.82) is 0 Å². The van der Waals surface area contributed by atoms with Gasteiger partial charge in [-0.1, -0.05) is 67.8 Å². The molecular formula is C18H24S2. The number of rotatable bonds is 7. The second kappa shape index (κ2) is 7.99. The van der Waals surface area contributed by atoms with Crippen LogP contribution in [0.3, 0.4) is 0 Å². The van der Waals surface area contributed by atoms with Crippen LogP contribution in [-0.2, 0) is 12.8 Å². The average molecular weight is 305 g/mol. The Labute approximate surface area is 132 Å². The van der Waals surface area contributed by atoms with Crippen LogP contribution in [0.2, 0.25) is 0 Å². The largest absolute Gasteiger partial charge is 0.106 e. The van der Waals surface area contributed by atoms with Crippen LogP contribution in [0.15, 0.2) is 35.2 Å². The summed E-state index contributed by atoms with van der Waals surface area (Å²) in [6.07, 6.45) is 7.41. The molecule has 0 saturated heterocycles. The molecule has 0 aromatic heterocycles. The Bertz CT molecular complexity index is 561. The molecule has 0 fully saturated rings. The van der Waals surface area contributed by atoms with Gasteiger partial charge in [0.25, 0.3) is 0 Å². The summed E-state index contributed by atoms with van der Waals surface area (Å²) >= 11 is 4.53. The Balaban J connectivity index is 2.54. The molecule has 0 amide bonds. The van der Waals surface area contributed by atoms with E-state index in [0.717, 1.165) is 0 Å². The van der Waals surface area contributed by atoms with Crippen molar-refractivity contribution in [3.8, 4) is 0 Å². The lowest BCUT2D eigenvalue weighted by Gasteiger charge is -2.16. The number of benzene rings is 2. The Kier molecular flexibility index (Phi) is 6.31. The van der Waals surface area contributed by atoms with Crippen molar-refractivity contribution in [2.45, 2.75) is 57.3 Å². The molecular weight excluding hydrogens is 280 g/mol. The van der Waals surface area contributed by atoms with E-state index in [1.165, 1.54) is 59.8 Å². The smallest absolute Gasteiger partial charge is 0.0293 e. The van der Waals surface area contributed by atoms with Gasteiger partial charge in [-0.25, -0.2) is 0 Å². The lowest BCUT2D eigenvalue weighted by Crippen LogP contribution is -1.98. The molecule has 2 aromatic rings. The maximum absolute atomic E-state index is 4.53. The summed E-state index contributed by atoms with van der Waals surface area (Å²) in [5.41, 5.74) is 3.08. The molecule has 2 rings (SSSR count). The topological polar surface area (TPSA) is 0 Å². The molecule has 0 atom stereocenters. The summed E-state index contributed by atoms with van der Waals surface area (Å²) in [6.45, 7) is 4.53. The molecule has 0 nitrogen and oxygen atoms in total. The molecule has 0 unspecified atom stereocenters. The highest BCUT2D eigenvalue weighted by Crippen LogP contribution is 2.37. The van der Waals surface area contributed by atoms with Gasteiger partial charge in [-0.2, -0.15) is 0 Å². The summed E-state index contributed by atoms with van der Waals surface area (Å²) < 4.78 is 0. The molecule has 0 heterocycles. The van der Waals surface area contributed by atoms with E-state index in [9.17, 15) is 0 Å². The number of fused-ring (bicyclic) bond motifs is 1. The molecule has 2 aromatic carbocycles. The molecule has 0 aliphatic heterocycles. The third-order valence-corrected chi connectivity index (χ3v) is 5.06. The van der Waals surface area contributed by atoms with Crippen LogP contribution in [0.5, 0.6) is 0 Å². The highest BCUT2D eigenvalue weighted by atomic mass is 33.1. The molecule has 0 aliphatic carbocycles. The normalized spacial score (nSPS) is 11.2. The molecule has 0 radical (unpaired) electrons. The van der Waals surface area contributed by atoms with E-state index in [2.05, 4.69) is 55.8 Å². The molecule has 0 saturated carbocycles. The zero-order valence-electron chi connectivity index (χ0n) is 12.5. The van der Waals surface area contributed by atoms with Gasteiger partial charge in [0, 0.05) is 4.90 Å². The first-order valence-corrected chi connectivity index (χ1v) is 9.53. The number of thiol groups is 1.